The summed E-state index contributed by atoms with van der Waals surface area (Å²) in [6.07, 6.45) is -4.51. The van der Waals surface area contributed by atoms with Crippen molar-refractivity contribution < 1.29 is 27.5 Å². The summed E-state index contributed by atoms with van der Waals surface area (Å²) < 4.78 is 44.5. The van der Waals surface area contributed by atoms with Crippen LogP contribution in [0.3, 0.4) is 0 Å². The predicted octanol–water partition coefficient (Wildman–Crippen LogP) is 2.84. The van der Waals surface area contributed by atoms with E-state index in [1.807, 2.05) is 0 Å². The van der Waals surface area contributed by atoms with Crippen molar-refractivity contribution in [2.24, 2.45) is 5.73 Å². The molecule has 0 atom stereocenters. The summed E-state index contributed by atoms with van der Waals surface area (Å²) in [6.45, 7) is -0.649. The Kier molecular flexibility index (Phi) is 5.86. The first-order chi connectivity index (χ1) is 12.2. The van der Waals surface area contributed by atoms with E-state index in [4.69, 9.17) is 10.5 Å². The van der Waals surface area contributed by atoms with E-state index in [0.717, 1.165) is 11.0 Å². The molecule has 0 radical (unpaired) electrons. The Bertz CT molecular complexity index is 806. The van der Waals surface area contributed by atoms with Crippen molar-refractivity contribution in [1.29, 1.82) is 0 Å². The summed E-state index contributed by atoms with van der Waals surface area (Å²) in [5.74, 6) is -1.12. The Morgan fingerprint density at radius 3 is 2.35 bits per heavy atom. The highest BCUT2D eigenvalue weighted by Gasteiger charge is 2.33. The number of hydrogen-bond acceptors (Lipinski definition) is 3. The van der Waals surface area contributed by atoms with Gasteiger partial charge < -0.3 is 15.4 Å². The lowest BCUT2D eigenvalue weighted by Gasteiger charge is -2.21. The summed E-state index contributed by atoms with van der Waals surface area (Å²) in [5, 5.41) is 0. The average Bonchev–Trinajstić information content (AvgIpc) is 2.59. The molecule has 2 aromatic rings. The number of nitrogens with two attached hydrogens (primary N) is 1. The van der Waals surface area contributed by atoms with Crippen molar-refractivity contribution in [1.82, 2.24) is 4.90 Å². The first kappa shape index (κ1) is 19.3. The second-order valence-corrected chi connectivity index (χ2v) is 5.57. The lowest BCUT2D eigenvalue weighted by atomic mass is 10.1. The lowest BCUT2D eigenvalue weighted by Crippen LogP contribution is -2.28. The molecule has 2 rings (SSSR count). The van der Waals surface area contributed by atoms with Gasteiger partial charge in [0.1, 0.15) is 5.75 Å². The van der Waals surface area contributed by atoms with E-state index in [9.17, 15) is 22.8 Å². The molecule has 0 aliphatic carbocycles. The molecule has 2 aromatic carbocycles. The second kappa shape index (κ2) is 7.90. The van der Waals surface area contributed by atoms with Gasteiger partial charge in [0.15, 0.2) is 6.61 Å². The Balaban J connectivity index is 2.23. The Morgan fingerprint density at radius 1 is 1.08 bits per heavy atom. The van der Waals surface area contributed by atoms with Crippen molar-refractivity contribution in [3.63, 3.8) is 0 Å². The molecule has 5 nitrogen and oxygen atoms in total. The van der Waals surface area contributed by atoms with Crippen molar-refractivity contribution >= 4 is 11.8 Å². The van der Waals surface area contributed by atoms with Gasteiger partial charge in [-0.05, 0) is 23.8 Å². The van der Waals surface area contributed by atoms with Crippen molar-refractivity contribution in [3.05, 3.63) is 65.2 Å². The molecule has 0 saturated carbocycles. The summed E-state index contributed by atoms with van der Waals surface area (Å²) in [6, 6.07) is 11.2. The van der Waals surface area contributed by atoms with Gasteiger partial charge in [0, 0.05) is 13.6 Å². The molecule has 0 heterocycles. The maximum atomic E-state index is 13.1. The highest BCUT2D eigenvalue weighted by Crippen LogP contribution is 2.32. The number of ether oxygens (including phenoxy) is 1. The number of amides is 2. The topological polar surface area (TPSA) is 72.6 Å². The molecular weight excluding hydrogens is 349 g/mol. The number of benzene rings is 2. The standard InChI is InChI=1S/C18H17F3N2O3/c1-23(10-12-6-2-4-8-14(12)18(19,20)21)17(25)13-7-3-5-9-15(13)26-11-16(22)24/h2-9H,10-11H2,1H3,(H2,22,24). The first-order valence-electron chi connectivity index (χ1n) is 7.61. The van der Waals surface area contributed by atoms with Crippen LogP contribution in [-0.2, 0) is 17.5 Å². The third-order valence-corrected chi connectivity index (χ3v) is 3.56. The maximum absolute atomic E-state index is 13.1. The van der Waals surface area contributed by atoms with Gasteiger partial charge in [0.25, 0.3) is 11.8 Å². The fourth-order valence-electron chi connectivity index (χ4n) is 2.39. The monoisotopic (exact) mass is 366 g/mol. The summed E-state index contributed by atoms with van der Waals surface area (Å²) >= 11 is 0. The second-order valence-electron chi connectivity index (χ2n) is 5.57. The molecule has 0 unspecified atom stereocenters. The molecule has 2 amide bonds. The molecule has 0 aliphatic heterocycles. The van der Waals surface area contributed by atoms with E-state index in [0.29, 0.717) is 0 Å². The van der Waals surface area contributed by atoms with Gasteiger partial charge in [0.2, 0.25) is 0 Å². The van der Waals surface area contributed by atoms with Crippen LogP contribution in [0.15, 0.2) is 48.5 Å². The molecule has 0 fully saturated rings. The number of rotatable bonds is 6. The molecular formula is C18H17F3N2O3. The molecule has 0 spiro atoms. The van der Waals surface area contributed by atoms with Crippen molar-refractivity contribution in [3.8, 4) is 5.75 Å². The van der Waals surface area contributed by atoms with Crippen LogP contribution in [0.5, 0.6) is 5.75 Å². The Labute approximate surface area is 148 Å². The van der Waals surface area contributed by atoms with Crippen LogP contribution in [0.2, 0.25) is 0 Å². The Morgan fingerprint density at radius 2 is 1.69 bits per heavy atom. The molecule has 8 heteroatoms. The number of para-hydroxylation sites is 1. The quantitative estimate of drug-likeness (QED) is 0.854. The minimum Gasteiger partial charge on any atom is -0.483 e. The van der Waals surface area contributed by atoms with Gasteiger partial charge in [-0.1, -0.05) is 30.3 Å². The van der Waals surface area contributed by atoms with E-state index in [1.165, 1.54) is 37.4 Å². The fourth-order valence-corrected chi connectivity index (χ4v) is 2.39. The van der Waals surface area contributed by atoms with E-state index in [1.54, 1.807) is 12.1 Å². The van der Waals surface area contributed by atoms with Crippen LogP contribution in [0.1, 0.15) is 21.5 Å². The summed E-state index contributed by atoms with van der Waals surface area (Å²) in [7, 11) is 1.39. The number of carbonyl (C=O) groups is 2. The van der Waals surface area contributed by atoms with E-state index < -0.39 is 30.2 Å². The molecule has 0 bridgehead atoms. The van der Waals surface area contributed by atoms with E-state index in [-0.39, 0.29) is 23.4 Å². The van der Waals surface area contributed by atoms with E-state index in [2.05, 4.69) is 0 Å². The normalized spacial score (nSPS) is 11.1. The highest BCUT2D eigenvalue weighted by molar-refractivity contribution is 5.96. The average molecular weight is 366 g/mol. The number of nitrogens with zero attached hydrogens (tertiary/aromatic N) is 1. The third-order valence-electron chi connectivity index (χ3n) is 3.56. The zero-order valence-electron chi connectivity index (χ0n) is 13.9. The minimum atomic E-state index is -4.51. The van der Waals surface area contributed by atoms with Crippen LogP contribution in [0.4, 0.5) is 13.2 Å². The first-order valence-corrected chi connectivity index (χ1v) is 7.61. The van der Waals surface area contributed by atoms with Crippen LogP contribution in [0.25, 0.3) is 0 Å². The summed E-state index contributed by atoms with van der Waals surface area (Å²) in [4.78, 5) is 24.6. The van der Waals surface area contributed by atoms with Crippen molar-refractivity contribution in [2.75, 3.05) is 13.7 Å². The van der Waals surface area contributed by atoms with E-state index >= 15 is 0 Å². The smallest absolute Gasteiger partial charge is 0.416 e. The molecule has 0 aliphatic rings. The number of hydrogen-bond donors (Lipinski definition) is 1. The number of halogens is 3. The molecule has 2 N–H and O–H groups in total. The number of alkyl halides is 3. The maximum Gasteiger partial charge on any atom is 0.416 e. The fraction of sp³-hybridized carbons (Fsp3) is 0.222. The van der Waals surface area contributed by atoms with Gasteiger partial charge in [0.05, 0.1) is 11.1 Å². The molecule has 0 aromatic heterocycles. The van der Waals surface area contributed by atoms with Gasteiger partial charge in [-0.2, -0.15) is 13.2 Å². The van der Waals surface area contributed by atoms with Crippen LogP contribution >= 0.6 is 0 Å². The van der Waals surface area contributed by atoms with Gasteiger partial charge in [-0.25, -0.2) is 0 Å². The van der Waals surface area contributed by atoms with Gasteiger partial charge in [-0.3, -0.25) is 9.59 Å². The zero-order valence-corrected chi connectivity index (χ0v) is 13.9. The molecule has 138 valence electrons. The number of primary amides is 1. The van der Waals surface area contributed by atoms with Crippen molar-refractivity contribution in [2.45, 2.75) is 12.7 Å². The predicted molar refractivity (Wildman–Crippen MR) is 88.4 cm³/mol. The van der Waals surface area contributed by atoms with Gasteiger partial charge >= 0.3 is 6.18 Å². The Hall–Kier alpha value is -3.03. The molecule has 26 heavy (non-hydrogen) atoms. The summed E-state index contributed by atoms with van der Waals surface area (Å²) in [5.41, 5.74) is 4.33. The van der Waals surface area contributed by atoms with Crippen LogP contribution < -0.4 is 10.5 Å². The van der Waals surface area contributed by atoms with Gasteiger partial charge in [-0.15, -0.1) is 0 Å². The third kappa shape index (κ3) is 4.75. The molecule has 0 saturated heterocycles. The zero-order chi connectivity index (χ0) is 19.3. The number of carbonyl (C=O) groups excluding carboxylic acids is 2. The lowest BCUT2D eigenvalue weighted by molar-refractivity contribution is -0.138. The highest BCUT2D eigenvalue weighted by atomic mass is 19.4. The largest absolute Gasteiger partial charge is 0.483 e. The SMILES string of the molecule is CN(Cc1ccccc1C(F)(F)F)C(=O)c1ccccc1OCC(N)=O. The van der Waals surface area contributed by atoms with Crippen LogP contribution in [0, 0.1) is 0 Å². The van der Waals surface area contributed by atoms with Crippen LogP contribution in [-0.4, -0.2) is 30.4 Å². The minimum absolute atomic E-state index is 0.0219.